The van der Waals surface area contributed by atoms with E-state index in [0.29, 0.717) is 35.2 Å². The lowest BCUT2D eigenvalue weighted by molar-refractivity contribution is 0.0950. The Kier molecular flexibility index (Phi) is 4.94. The van der Waals surface area contributed by atoms with E-state index < -0.39 is 0 Å². The number of fused-ring (bicyclic) bond motifs is 1. The van der Waals surface area contributed by atoms with Gasteiger partial charge in [0.05, 0.1) is 23.1 Å². The topological polar surface area (TPSA) is 91.2 Å². The molecule has 3 heterocycles. The highest BCUT2D eigenvalue weighted by Gasteiger charge is 2.33. The number of rotatable bonds is 6. The Morgan fingerprint density at radius 1 is 1.09 bits per heavy atom. The van der Waals surface area contributed by atoms with Crippen molar-refractivity contribution in [3.63, 3.8) is 0 Å². The molecule has 2 aromatic carbocycles. The summed E-state index contributed by atoms with van der Waals surface area (Å²) in [6.07, 6.45) is 5.19. The van der Waals surface area contributed by atoms with Crippen LogP contribution in [0.25, 0.3) is 17.2 Å². The predicted molar refractivity (Wildman–Crippen MR) is 120 cm³/mol. The van der Waals surface area contributed by atoms with Gasteiger partial charge in [-0.2, -0.15) is 5.10 Å². The third-order valence-electron chi connectivity index (χ3n) is 5.88. The van der Waals surface area contributed by atoms with Crippen molar-refractivity contribution >= 4 is 5.91 Å². The van der Waals surface area contributed by atoms with Gasteiger partial charge < -0.3 is 14.8 Å². The molecule has 1 fully saturated rings. The number of hydrogen-bond acceptors (Lipinski definition) is 6. The standard InChI is InChI=1S/C25H20FN5O3/c26-18-6-1-15(2-7-18)12-28-24(32)19-13-29-31(23(19)16-3-4-16)25-27-10-9-20(30-25)17-5-8-21-22(11-17)34-14-33-21/h1-2,5-11,13,16H,3-4,12,14H2,(H,28,32). The Morgan fingerprint density at radius 2 is 1.91 bits per heavy atom. The number of ether oxygens (including phenoxy) is 2. The molecule has 1 aliphatic carbocycles. The zero-order valence-corrected chi connectivity index (χ0v) is 18.1. The zero-order valence-electron chi connectivity index (χ0n) is 18.1. The third-order valence-corrected chi connectivity index (χ3v) is 5.88. The average Bonchev–Trinajstić information content (AvgIpc) is 3.42. The van der Waals surface area contributed by atoms with E-state index >= 15 is 0 Å². The molecule has 2 aromatic heterocycles. The maximum atomic E-state index is 13.1. The van der Waals surface area contributed by atoms with Crippen LogP contribution < -0.4 is 14.8 Å². The summed E-state index contributed by atoms with van der Waals surface area (Å²) in [4.78, 5) is 22.1. The summed E-state index contributed by atoms with van der Waals surface area (Å²) in [6.45, 7) is 0.502. The molecular formula is C25H20FN5O3. The highest BCUT2D eigenvalue weighted by Crippen LogP contribution is 2.42. The molecular weight excluding hydrogens is 437 g/mol. The van der Waals surface area contributed by atoms with Gasteiger partial charge in [0.15, 0.2) is 11.5 Å². The van der Waals surface area contributed by atoms with Crippen LogP contribution in [0.4, 0.5) is 4.39 Å². The lowest BCUT2D eigenvalue weighted by atomic mass is 10.1. The summed E-state index contributed by atoms with van der Waals surface area (Å²) < 4.78 is 25.7. The summed E-state index contributed by atoms with van der Waals surface area (Å²) >= 11 is 0. The molecule has 0 spiro atoms. The van der Waals surface area contributed by atoms with Crippen molar-refractivity contribution in [2.24, 2.45) is 0 Å². The van der Waals surface area contributed by atoms with Gasteiger partial charge >= 0.3 is 0 Å². The summed E-state index contributed by atoms with van der Waals surface area (Å²) in [5.41, 5.74) is 3.70. The zero-order chi connectivity index (χ0) is 23.1. The summed E-state index contributed by atoms with van der Waals surface area (Å²) in [5, 5.41) is 7.37. The molecule has 1 N–H and O–H groups in total. The molecule has 0 radical (unpaired) electrons. The number of hydrogen-bond donors (Lipinski definition) is 1. The minimum Gasteiger partial charge on any atom is -0.454 e. The van der Waals surface area contributed by atoms with Crippen LogP contribution in [-0.2, 0) is 6.54 Å². The van der Waals surface area contributed by atoms with E-state index in [1.807, 2.05) is 24.3 Å². The van der Waals surface area contributed by atoms with Crippen LogP contribution in [0.2, 0.25) is 0 Å². The Balaban J connectivity index is 1.28. The van der Waals surface area contributed by atoms with Crippen LogP contribution in [0.5, 0.6) is 11.5 Å². The predicted octanol–water partition coefficient (Wildman–Crippen LogP) is 4.00. The molecule has 4 aromatic rings. The van der Waals surface area contributed by atoms with Crippen LogP contribution in [0.1, 0.15) is 40.4 Å². The lowest BCUT2D eigenvalue weighted by Gasteiger charge is -2.10. The van der Waals surface area contributed by atoms with Gasteiger partial charge in [-0.3, -0.25) is 4.79 Å². The van der Waals surface area contributed by atoms with Gasteiger partial charge in [0, 0.05) is 24.2 Å². The molecule has 6 rings (SSSR count). The Labute approximate surface area is 194 Å². The fourth-order valence-corrected chi connectivity index (χ4v) is 3.99. The molecule has 1 aliphatic heterocycles. The highest BCUT2D eigenvalue weighted by atomic mass is 19.1. The van der Waals surface area contributed by atoms with Crippen molar-refractivity contribution in [3.8, 4) is 28.7 Å². The molecule has 9 heteroatoms. The Hall–Kier alpha value is -4.27. The SMILES string of the molecule is O=C(NCc1ccc(F)cc1)c1cnn(-c2nccc(-c3ccc4c(c3)OCO4)n2)c1C1CC1. The number of nitrogens with one attached hydrogen (secondary N) is 1. The van der Waals surface area contributed by atoms with Crippen molar-refractivity contribution in [3.05, 3.63) is 83.6 Å². The van der Waals surface area contributed by atoms with E-state index in [-0.39, 0.29) is 24.4 Å². The van der Waals surface area contributed by atoms with E-state index in [0.717, 1.165) is 29.7 Å². The first kappa shape index (κ1) is 20.3. The lowest BCUT2D eigenvalue weighted by Crippen LogP contribution is -2.24. The Morgan fingerprint density at radius 3 is 2.74 bits per heavy atom. The van der Waals surface area contributed by atoms with E-state index in [4.69, 9.17) is 14.5 Å². The fraction of sp³-hybridized carbons (Fsp3) is 0.200. The van der Waals surface area contributed by atoms with Crippen LogP contribution in [0.3, 0.4) is 0 Å². The summed E-state index contributed by atoms with van der Waals surface area (Å²) in [6, 6.07) is 13.5. The quantitative estimate of drug-likeness (QED) is 0.471. The van der Waals surface area contributed by atoms with E-state index in [2.05, 4.69) is 15.4 Å². The molecule has 170 valence electrons. The molecule has 2 aliphatic rings. The molecule has 0 bridgehead atoms. The van der Waals surface area contributed by atoms with Crippen LogP contribution in [-0.4, -0.2) is 32.4 Å². The second kappa shape index (κ2) is 8.26. The number of carbonyl (C=O) groups is 1. The number of aromatic nitrogens is 4. The minimum absolute atomic E-state index is 0.206. The number of amides is 1. The maximum absolute atomic E-state index is 13.1. The van der Waals surface area contributed by atoms with Crippen LogP contribution >= 0.6 is 0 Å². The van der Waals surface area contributed by atoms with Gasteiger partial charge in [0.2, 0.25) is 6.79 Å². The normalized spacial score (nSPS) is 14.3. The minimum atomic E-state index is -0.310. The smallest absolute Gasteiger partial charge is 0.255 e. The molecule has 0 unspecified atom stereocenters. The Bertz CT molecular complexity index is 1380. The van der Waals surface area contributed by atoms with Crippen molar-refractivity contribution in [1.29, 1.82) is 0 Å². The molecule has 0 atom stereocenters. The van der Waals surface area contributed by atoms with Gasteiger partial charge in [-0.1, -0.05) is 12.1 Å². The van der Waals surface area contributed by atoms with E-state index in [9.17, 15) is 9.18 Å². The second-order valence-electron chi connectivity index (χ2n) is 8.25. The largest absolute Gasteiger partial charge is 0.454 e. The first-order valence-corrected chi connectivity index (χ1v) is 11.0. The molecule has 1 saturated carbocycles. The van der Waals surface area contributed by atoms with Gasteiger partial charge in [-0.05, 0) is 54.8 Å². The summed E-state index contributed by atoms with van der Waals surface area (Å²) in [7, 11) is 0. The highest BCUT2D eigenvalue weighted by molar-refractivity contribution is 5.95. The van der Waals surface area contributed by atoms with E-state index in [1.54, 1.807) is 29.2 Å². The average molecular weight is 457 g/mol. The number of nitrogens with zero attached hydrogens (tertiary/aromatic N) is 4. The molecule has 34 heavy (non-hydrogen) atoms. The van der Waals surface area contributed by atoms with Gasteiger partial charge in [-0.25, -0.2) is 19.0 Å². The third kappa shape index (κ3) is 3.85. The molecule has 0 saturated heterocycles. The van der Waals surface area contributed by atoms with Gasteiger partial charge in [0.25, 0.3) is 11.9 Å². The van der Waals surface area contributed by atoms with Crippen molar-refractivity contribution in [1.82, 2.24) is 25.1 Å². The molecule has 8 nitrogen and oxygen atoms in total. The van der Waals surface area contributed by atoms with Crippen LogP contribution in [0.15, 0.2) is 60.9 Å². The van der Waals surface area contributed by atoms with Crippen molar-refractivity contribution < 1.29 is 18.7 Å². The first-order valence-electron chi connectivity index (χ1n) is 11.0. The number of benzene rings is 2. The maximum Gasteiger partial charge on any atom is 0.255 e. The number of halogens is 1. The van der Waals surface area contributed by atoms with Crippen molar-refractivity contribution in [2.45, 2.75) is 25.3 Å². The van der Waals surface area contributed by atoms with Crippen molar-refractivity contribution in [2.75, 3.05) is 6.79 Å². The van der Waals surface area contributed by atoms with E-state index in [1.165, 1.54) is 12.1 Å². The number of carbonyl (C=O) groups excluding carboxylic acids is 1. The van der Waals surface area contributed by atoms with Crippen LogP contribution in [0, 0.1) is 5.82 Å². The summed E-state index contributed by atoms with van der Waals surface area (Å²) in [5.74, 6) is 1.47. The first-order chi connectivity index (χ1) is 16.7. The second-order valence-corrected chi connectivity index (χ2v) is 8.25. The van der Waals surface area contributed by atoms with Gasteiger partial charge in [0.1, 0.15) is 5.82 Å². The fourth-order valence-electron chi connectivity index (χ4n) is 3.99. The molecule has 1 amide bonds. The van der Waals surface area contributed by atoms with Gasteiger partial charge in [-0.15, -0.1) is 0 Å². The monoisotopic (exact) mass is 457 g/mol.